The van der Waals surface area contributed by atoms with Crippen LogP contribution in [0.5, 0.6) is 0 Å². The molecule has 1 amide bonds. The van der Waals surface area contributed by atoms with Crippen molar-refractivity contribution >= 4 is 27.5 Å². The van der Waals surface area contributed by atoms with Gasteiger partial charge in [0.25, 0.3) is 5.91 Å². The SMILES string of the molecule is Cc1ccc(NC(=O)C[NH+]2CCCC[C@@H]2C)c(Br)c1. The molecule has 1 aliphatic heterocycles. The van der Waals surface area contributed by atoms with Crippen molar-refractivity contribution in [1.82, 2.24) is 0 Å². The highest BCUT2D eigenvalue weighted by Gasteiger charge is 2.24. The number of anilines is 1. The summed E-state index contributed by atoms with van der Waals surface area (Å²) in [5, 5.41) is 3.00. The van der Waals surface area contributed by atoms with Crippen molar-refractivity contribution in [3.8, 4) is 0 Å². The molecular weight excluding hydrogens is 304 g/mol. The van der Waals surface area contributed by atoms with E-state index in [1.807, 2.05) is 25.1 Å². The second-order valence-corrected chi connectivity index (χ2v) is 6.37. The highest BCUT2D eigenvalue weighted by Crippen LogP contribution is 2.23. The number of aryl methyl sites for hydroxylation is 1. The average molecular weight is 326 g/mol. The fourth-order valence-corrected chi connectivity index (χ4v) is 3.23. The summed E-state index contributed by atoms with van der Waals surface area (Å²) in [6, 6.07) is 6.58. The molecule has 1 saturated heterocycles. The molecule has 0 aliphatic carbocycles. The number of likely N-dealkylation sites (tertiary alicyclic amines) is 1. The number of halogens is 1. The Labute approximate surface area is 123 Å². The van der Waals surface area contributed by atoms with Gasteiger partial charge >= 0.3 is 0 Å². The molecule has 0 bridgehead atoms. The molecule has 19 heavy (non-hydrogen) atoms. The lowest BCUT2D eigenvalue weighted by Crippen LogP contribution is -3.17. The first-order chi connectivity index (χ1) is 9.06. The van der Waals surface area contributed by atoms with E-state index in [9.17, 15) is 4.79 Å². The lowest BCUT2D eigenvalue weighted by atomic mass is 10.0. The van der Waals surface area contributed by atoms with Crippen molar-refractivity contribution in [3.05, 3.63) is 28.2 Å². The summed E-state index contributed by atoms with van der Waals surface area (Å²) in [5.74, 6) is 0.105. The summed E-state index contributed by atoms with van der Waals surface area (Å²) in [7, 11) is 0. The normalized spacial score (nSPS) is 23.1. The highest BCUT2D eigenvalue weighted by molar-refractivity contribution is 9.10. The van der Waals surface area contributed by atoms with E-state index in [-0.39, 0.29) is 5.91 Å². The summed E-state index contributed by atoms with van der Waals surface area (Å²) in [6.45, 7) is 5.96. The number of quaternary nitrogens is 1. The zero-order chi connectivity index (χ0) is 13.8. The summed E-state index contributed by atoms with van der Waals surface area (Å²) in [6.07, 6.45) is 3.77. The van der Waals surface area contributed by atoms with E-state index in [4.69, 9.17) is 0 Å². The van der Waals surface area contributed by atoms with Crippen LogP contribution in [-0.4, -0.2) is 25.0 Å². The molecule has 1 aromatic carbocycles. The molecule has 1 aliphatic rings. The molecule has 0 saturated carbocycles. The fraction of sp³-hybridized carbons (Fsp3) is 0.533. The Morgan fingerprint density at radius 2 is 2.26 bits per heavy atom. The van der Waals surface area contributed by atoms with E-state index in [1.54, 1.807) is 0 Å². The topological polar surface area (TPSA) is 33.5 Å². The number of amides is 1. The molecule has 0 spiro atoms. The van der Waals surface area contributed by atoms with E-state index in [0.717, 1.165) is 16.7 Å². The Balaban J connectivity index is 1.93. The molecule has 1 unspecified atom stereocenters. The van der Waals surface area contributed by atoms with Crippen molar-refractivity contribution < 1.29 is 9.69 Å². The molecule has 2 N–H and O–H groups in total. The number of carbonyl (C=O) groups is 1. The van der Waals surface area contributed by atoms with Crippen LogP contribution in [0.3, 0.4) is 0 Å². The number of benzene rings is 1. The van der Waals surface area contributed by atoms with Crippen LogP contribution in [0.2, 0.25) is 0 Å². The predicted molar refractivity (Wildman–Crippen MR) is 81.5 cm³/mol. The maximum atomic E-state index is 12.1. The van der Waals surface area contributed by atoms with Gasteiger partial charge in [0.15, 0.2) is 6.54 Å². The van der Waals surface area contributed by atoms with Crippen molar-refractivity contribution in [3.63, 3.8) is 0 Å². The lowest BCUT2D eigenvalue weighted by Gasteiger charge is -2.29. The first-order valence-electron chi connectivity index (χ1n) is 6.97. The molecule has 1 heterocycles. The van der Waals surface area contributed by atoms with Crippen LogP contribution in [0.25, 0.3) is 0 Å². The second-order valence-electron chi connectivity index (χ2n) is 5.51. The first kappa shape index (κ1) is 14.5. The van der Waals surface area contributed by atoms with Crippen molar-refractivity contribution in [2.75, 3.05) is 18.4 Å². The minimum atomic E-state index is 0.105. The Morgan fingerprint density at radius 1 is 1.47 bits per heavy atom. The Kier molecular flexibility index (Phi) is 4.99. The van der Waals surface area contributed by atoms with Crippen LogP contribution in [0.1, 0.15) is 31.7 Å². The molecule has 1 aromatic rings. The number of rotatable bonds is 3. The maximum Gasteiger partial charge on any atom is 0.279 e. The van der Waals surface area contributed by atoms with Crippen LogP contribution in [0.4, 0.5) is 5.69 Å². The van der Waals surface area contributed by atoms with Gasteiger partial charge in [0, 0.05) is 4.47 Å². The molecule has 0 aromatic heterocycles. The zero-order valence-corrected chi connectivity index (χ0v) is 13.2. The number of nitrogens with one attached hydrogen (secondary N) is 2. The standard InChI is InChI=1S/C15H21BrN2O/c1-11-6-7-14(13(16)9-11)17-15(19)10-18-8-4-3-5-12(18)2/h6-7,9,12H,3-5,8,10H2,1-2H3,(H,17,19)/p+1/t12-/m0/s1. The van der Waals surface area contributed by atoms with E-state index in [1.165, 1.54) is 29.7 Å². The quantitative estimate of drug-likeness (QED) is 0.877. The van der Waals surface area contributed by atoms with Crippen LogP contribution >= 0.6 is 15.9 Å². The van der Waals surface area contributed by atoms with Gasteiger partial charge in [0.1, 0.15) is 0 Å². The maximum absolute atomic E-state index is 12.1. The summed E-state index contributed by atoms with van der Waals surface area (Å²) in [4.78, 5) is 13.5. The summed E-state index contributed by atoms with van der Waals surface area (Å²) < 4.78 is 0.947. The van der Waals surface area contributed by atoms with Gasteiger partial charge in [0.2, 0.25) is 0 Å². The smallest absolute Gasteiger partial charge is 0.279 e. The third-order valence-corrected chi connectivity index (χ3v) is 4.52. The number of hydrogen-bond acceptors (Lipinski definition) is 1. The molecule has 3 nitrogen and oxygen atoms in total. The Bertz CT molecular complexity index is 461. The highest BCUT2D eigenvalue weighted by atomic mass is 79.9. The van der Waals surface area contributed by atoms with E-state index < -0.39 is 0 Å². The van der Waals surface area contributed by atoms with Gasteiger partial charge in [-0.3, -0.25) is 4.79 Å². The Hall–Kier alpha value is -0.870. The minimum Gasteiger partial charge on any atom is -0.325 e. The van der Waals surface area contributed by atoms with Crippen LogP contribution in [0.15, 0.2) is 22.7 Å². The Morgan fingerprint density at radius 3 is 2.95 bits per heavy atom. The molecule has 2 rings (SSSR count). The third-order valence-electron chi connectivity index (χ3n) is 3.87. The van der Waals surface area contributed by atoms with Gasteiger partial charge < -0.3 is 10.2 Å². The van der Waals surface area contributed by atoms with Gasteiger partial charge in [-0.25, -0.2) is 0 Å². The number of carbonyl (C=O) groups excluding carboxylic acids is 1. The van der Waals surface area contributed by atoms with Gasteiger partial charge in [-0.1, -0.05) is 6.07 Å². The van der Waals surface area contributed by atoms with Crippen LogP contribution in [0, 0.1) is 6.92 Å². The molecule has 2 atom stereocenters. The third kappa shape index (κ3) is 4.05. The van der Waals surface area contributed by atoms with Crippen molar-refractivity contribution in [2.24, 2.45) is 0 Å². The van der Waals surface area contributed by atoms with Gasteiger partial charge in [-0.15, -0.1) is 0 Å². The van der Waals surface area contributed by atoms with E-state index in [2.05, 4.69) is 28.2 Å². The van der Waals surface area contributed by atoms with Crippen LogP contribution < -0.4 is 10.2 Å². The van der Waals surface area contributed by atoms with E-state index in [0.29, 0.717) is 12.6 Å². The van der Waals surface area contributed by atoms with Gasteiger partial charge in [-0.05, 0) is 66.7 Å². The van der Waals surface area contributed by atoms with Gasteiger partial charge in [-0.2, -0.15) is 0 Å². The monoisotopic (exact) mass is 325 g/mol. The van der Waals surface area contributed by atoms with Crippen molar-refractivity contribution in [2.45, 2.75) is 39.2 Å². The molecule has 4 heteroatoms. The molecule has 0 radical (unpaired) electrons. The predicted octanol–water partition coefficient (Wildman–Crippen LogP) is 2.15. The first-order valence-corrected chi connectivity index (χ1v) is 7.76. The van der Waals surface area contributed by atoms with Crippen molar-refractivity contribution in [1.29, 1.82) is 0 Å². The molecule has 104 valence electrons. The molecule has 1 fully saturated rings. The zero-order valence-electron chi connectivity index (χ0n) is 11.6. The summed E-state index contributed by atoms with van der Waals surface area (Å²) >= 11 is 3.49. The number of hydrogen-bond donors (Lipinski definition) is 2. The van der Waals surface area contributed by atoms with Gasteiger partial charge in [0.05, 0.1) is 18.3 Å². The van der Waals surface area contributed by atoms with E-state index >= 15 is 0 Å². The van der Waals surface area contributed by atoms with Crippen LogP contribution in [-0.2, 0) is 4.79 Å². The molecular formula is C15H22BrN2O+. The lowest BCUT2D eigenvalue weighted by molar-refractivity contribution is -0.920. The minimum absolute atomic E-state index is 0.105. The average Bonchev–Trinajstić information content (AvgIpc) is 2.36. The largest absolute Gasteiger partial charge is 0.325 e. The number of piperidine rings is 1. The second kappa shape index (κ2) is 6.53. The fourth-order valence-electron chi connectivity index (χ4n) is 2.64. The summed E-state index contributed by atoms with van der Waals surface area (Å²) in [5.41, 5.74) is 2.04.